The summed E-state index contributed by atoms with van der Waals surface area (Å²) < 4.78 is 2.26. The van der Waals surface area contributed by atoms with E-state index in [1.165, 1.54) is 18.7 Å². The van der Waals surface area contributed by atoms with Crippen molar-refractivity contribution in [2.24, 2.45) is 14.1 Å². The first-order valence-corrected chi connectivity index (χ1v) is 9.03. The van der Waals surface area contributed by atoms with Crippen molar-refractivity contribution in [1.82, 2.24) is 19.1 Å². The maximum atomic E-state index is 12.6. The van der Waals surface area contributed by atoms with Crippen molar-refractivity contribution in [2.75, 3.05) is 0 Å². The molecule has 0 radical (unpaired) electrons. The second kappa shape index (κ2) is 7.81. The number of carboxylic acid groups (broad SMARTS) is 1. The molecule has 2 aromatic heterocycles. The topological polar surface area (TPSA) is 110 Å². The molecule has 0 bridgehead atoms. The third-order valence-corrected chi connectivity index (χ3v) is 5.28. The Bertz CT molecular complexity index is 919. The fourth-order valence-corrected chi connectivity index (χ4v) is 3.42. The number of hydrogen-bond acceptors (Lipinski definition) is 7. The Morgan fingerprint density at radius 3 is 2.44 bits per heavy atom. The smallest absolute Gasteiger partial charge is 0.332 e. The highest BCUT2D eigenvalue weighted by molar-refractivity contribution is 8.00. The van der Waals surface area contributed by atoms with E-state index in [0.29, 0.717) is 18.7 Å². The highest BCUT2D eigenvalue weighted by Gasteiger charge is 2.20. The van der Waals surface area contributed by atoms with Gasteiger partial charge in [0.1, 0.15) is 16.2 Å². The van der Waals surface area contributed by atoms with E-state index in [9.17, 15) is 19.5 Å². The first kappa shape index (κ1) is 19.2. The normalized spacial score (nSPS) is 12.5. The van der Waals surface area contributed by atoms with E-state index in [1.807, 2.05) is 6.92 Å². The molecule has 0 aliphatic carbocycles. The fraction of sp³-hybridized carbons (Fsp3) is 0.562. The van der Waals surface area contributed by atoms with Gasteiger partial charge in [-0.1, -0.05) is 32.0 Å². The molecule has 1 atom stereocenters. The van der Waals surface area contributed by atoms with Crippen LogP contribution < -0.4 is 16.4 Å². The molecule has 9 heteroatoms. The van der Waals surface area contributed by atoms with E-state index in [1.54, 1.807) is 6.92 Å². The van der Waals surface area contributed by atoms with Crippen LogP contribution in [0.3, 0.4) is 0 Å². The number of carbonyl (C=O) groups is 1. The molecule has 0 spiro atoms. The SMILES string of the molecule is CCCCc1nc(S[C@@H](CC)C(=O)[O-])c2c(=O)n(C)c(=O)n(C)c2n1. The van der Waals surface area contributed by atoms with Gasteiger partial charge in [0.15, 0.2) is 5.65 Å². The summed E-state index contributed by atoms with van der Waals surface area (Å²) in [6.07, 6.45) is 2.71. The predicted octanol–water partition coefficient (Wildman–Crippen LogP) is -0.00960. The zero-order chi connectivity index (χ0) is 18.7. The summed E-state index contributed by atoms with van der Waals surface area (Å²) in [5.74, 6) is -0.718. The number of rotatable bonds is 7. The molecule has 0 aliphatic heterocycles. The Hall–Kier alpha value is -2.16. The number of aryl methyl sites for hydroxylation is 2. The molecule has 2 rings (SSSR count). The standard InChI is InChI=1S/C16H22N4O4S/c1-5-7-8-10-17-12-11(14(21)20(4)16(24)19(12)3)13(18-10)25-9(6-2)15(22)23/h9H,5-8H2,1-4H3,(H,22,23)/p-1/t9-/m0/s1. The molecular weight excluding hydrogens is 344 g/mol. The largest absolute Gasteiger partial charge is 0.549 e. The maximum absolute atomic E-state index is 12.6. The van der Waals surface area contributed by atoms with Crippen LogP contribution in [0.4, 0.5) is 0 Å². The zero-order valence-corrected chi connectivity index (χ0v) is 15.6. The number of nitrogens with zero attached hydrogens (tertiary/aromatic N) is 4. The van der Waals surface area contributed by atoms with Crippen molar-refractivity contribution < 1.29 is 9.90 Å². The summed E-state index contributed by atoms with van der Waals surface area (Å²) in [7, 11) is 2.91. The van der Waals surface area contributed by atoms with E-state index in [0.717, 1.165) is 29.2 Å². The minimum Gasteiger partial charge on any atom is -0.549 e. The molecular formula is C16H21N4O4S-. The van der Waals surface area contributed by atoms with Gasteiger partial charge in [0, 0.05) is 20.5 Å². The lowest BCUT2D eigenvalue weighted by Gasteiger charge is -2.17. The quantitative estimate of drug-likeness (QED) is 0.501. The molecule has 0 fully saturated rings. The molecule has 25 heavy (non-hydrogen) atoms. The van der Waals surface area contributed by atoms with Crippen LogP contribution in [0.1, 0.15) is 38.9 Å². The minimum atomic E-state index is -1.21. The lowest BCUT2D eigenvalue weighted by molar-refractivity contribution is -0.304. The average molecular weight is 365 g/mol. The Morgan fingerprint density at radius 1 is 1.20 bits per heavy atom. The van der Waals surface area contributed by atoms with Crippen molar-refractivity contribution in [2.45, 2.75) is 49.8 Å². The van der Waals surface area contributed by atoms with Gasteiger partial charge in [-0.05, 0) is 12.8 Å². The van der Waals surface area contributed by atoms with Crippen molar-refractivity contribution in [3.05, 3.63) is 26.7 Å². The molecule has 2 aromatic rings. The van der Waals surface area contributed by atoms with Crippen LogP contribution in [0.2, 0.25) is 0 Å². The summed E-state index contributed by atoms with van der Waals surface area (Å²) in [4.78, 5) is 44.8. The Morgan fingerprint density at radius 2 is 1.88 bits per heavy atom. The molecule has 0 aromatic carbocycles. The molecule has 0 unspecified atom stereocenters. The molecule has 0 aliphatic rings. The Kier molecular flexibility index (Phi) is 5.99. The molecule has 0 saturated carbocycles. The lowest BCUT2D eigenvalue weighted by atomic mass is 10.2. The van der Waals surface area contributed by atoms with Crippen LogP contribution in [0.25, 0.3) is 11.0 Å². The summed E-state index contributed by atoms with van der Waals surface area (Å²) in [6.45, 7) is 3.76. The van der Waals surface area contributed by atoms with E-state index in [2.05, 4.69) is 9.97 Å². The Labute approximate surface area is 148 Å². The van der Waals surface area contributed by atoms with Crippen LogP contribution >= 0.6 is 11.8 Å². The summed E-state index contributed by atoms with van der Waals surface area (Å²) in [6, 6.07) is 0. The van der Waals surface area contributed by atoms with Gasteiger partial charge in [0.2, 0.25) is 0 Å². The monoisotopic (exact) mass is 365 g/mol. The van der Waals surface area contributed by atoms with Gasteiger partial charge in [-0.25, -0.2) is 14.8 Å². The molecule has 0 amide bonds. The van der Waals surface area contributed by atoms with E-state index < -0.39 is 22.5 Å². The number of unbranched alkanes of at least 4 members (excludes halogenated alkanes) is 1. The average Bonchev–Trinajstić information content (AvgIpc) is 2.59. The number of hydrogen-bond donors (Lipinski definition) is 0. The number of carbonyl (C=O) groups excluding carboxylic acids is 1. The molecule has 8 nitrogen and oxygen atoms in total. The fourth-order valence-electron chi connectivity index (χ4n) is 2.44. The van der Waals surface area contributed by atoms with Crippen LogP contribution in [-0.2, 0) is 25.3 Å². The van der Waals surface area contributed by atoms with Gasteiger partial charge >= 0.3 is 5.69 Å². The van der Waals surface area contributed by atoms with Crippen LogP contribution in [0, 0.1) is 0 Å². The predicted molar refractivity (Wildman–Crippen MR) is 93.6 cm³/mol. The highest BCUT2D eigenvalue weighted by atomic mass is 32.2. The number of aromatic nitrogens is 4. The molecule has 136 valence electrons. The van der Waals surface area contributed by atoms with Crippen molar-refractivity contribution in [1.29, 1.82) is 0 Å². The van der Waals surface area contributed by atoms with Gasteiger partial charge in [-0.15, -0.1) is 0 Å². The second-order valence-electron chi connectivity index (χ2n) is 5.79. The third-order valence-electron chi connectivity index (χ3n) is 3.95. The number of aliphatic carboxylic acids is 1. The van der Waals surface area contributed by atoms with Crippen molar-refractivity contribution in [3.8, 4) is 0 Å². The first-order chi connectivity index (χ1) is 11.8. The molecule has 0 saturated heterocycles. The Balaban J connectivity index is 2.77. The number of thioether (sulfide) groups is 1. The van der Waals surface area contributed by atoms with E-state index >= 15 is 0 Å². The second-order valence-corrected chi connectivity index (χ2v) is 6.98. The molecule has 2 heterocycles. The van der Waals surface area contributed by atoms with Crippen LogP contribution in [0.5, 0.6) is 0 Å². The lowest BCUT2D eigenvalue weighted by Crippen LogP contribution is -2.38. The first-order valence-electron chi connectivity index (χ1n) is 8.15. The summed E-state index contributed by atoms with van der Waals surface area (Å²) in [5.41, 5.74) is -0.790. The van der Waals surface area contributed by atoms with Crippen molar-refractivity contribution >= 4 is 28.8 Å². The van der Waals surface area contributed by atoms with Crippen molar-refractivity contribution in [3.63, 3.8) is 0 Å². The maximum Gasteiger partial charge on any atom is 0.332 e. The molecule has 0 N–H and O–H groups in total. The number of fused-ring (bicyclic) bond motifs is 1. The van der Waals surface area contributed by atoms with Crippen LogP contribution in [0.15, 0.2) is 14.6 Å². The van der Waals surface area contributed by atoms with E-state index in [-0.39, 0.29) is 16.1 Å². The third kappa shape index (κ3) is 3.76. The summed E-state index contributed by atoms with van der Waals surface area (Å²) >= 11 is 0.969. The van der Waals surface area contributed by atoms with Gasteiger partial charge in [-0.3, -0.25) is 13.9 Å². The van der Waals surface area contributed by atoms with Crippen LogP contribution in [-0.4, -0.2) is 30.3 Å². The van der Waals surface area contributed by atoms with E-state index in [4.69, 9.17) is 0 Å². The summed E-state index contributed by atoms with van der Waals surface area (Å²) in [5, 5.41) is 10.9. The van der Waals surface area contributed by atoms with Gasteiger partial charge in [0.05, 0.1) is 11.2 Å². The minimum absolute atomic E-state index is 0.162. The van der Waals surface area contributed by atoms with Gasteiger partial charge in [-0.2, -0.15) is 0 Å². The van der Waals surface area contributed by atoms with Gasteiger partial charge < -0.3 is 9.90 Å². The van der Waals surface area contributed by atoms with Gasteiger partial charge in [0.25, 0.3) is 5.56 Å². The number of carboxylic acids is 1. The highest BCUT2D eigenvalue weighted by Crippen LogP contribution is 2.28. The zero-order valence-electron chi connectivity index (χ0n) is 14.7.